The first-order valence-electron chi connectivity index (χ1n) is 5.76. The van der Waals surface area contributed by atoms with Crippen LogP contribution in [0.2, 0.25) is 0 Å². The van der Waals surface area contributed by atoms with Gasteiger partial charge in [-0.2, -0.15) is 0 Å². The van der Waals surface area contributed by atoms with Gasteiger partial charge in [0.05, 0.1) is 0 Å². The Hall–Kier alpha value is -0.860. The number of nitrogens with one attached hydrogen (secondary N) is 1. The van der Waals surface area contributed by atoms with Crippen LogP contribution in [0, 0.1) is 6.92 Å². The first kappa shape index (κ1) is 10.7. The summed E-state index contributed by atoms with van der Waals surface area (Å²) in [7, 11) is 0. The number of benzene rings is 1. The average Bonchev–Trinajstić information content (AvgIpc) is 2.71. The molecule has 1 aliphatic carbocycles. The standard InChI is InChI=1S/C13H19NO/c1-10-6-8-11(9-7-10)13(15)14-12-4-2-3-5-12/h6-9,12-15H,2-5H2,1H3. The van der Waals surface area contributed by atoms with Gasteiger partial charge in [0.25, 0.3) is 0 Å². The molecule has 0 saturated heterocycles. The van der Waals surface area contributed by atoms with Crippen molar-refractivity contribution in [3.05, 3.63) is 35.4 Å². The third-order valence-electron chi connectivity index (χ3n) is 3.14. The maximum atomic E-state index is 9.96. The van der Waals surface area contributed by atoms with E-state index in [2.05, 4.69) is 12.2 Å². The molecule has 15 heavy (non-hydrogen) atoms. The Morgan fingerprint density at radius 3 is 2.40 bits per heavy atom. The van der Waals surface area contributed by atoms with E-state index in [1.807, 2.05) is 24.3 Å². The second-order valence-corrected chi connectivity index (χ2v) is 4.46. The number of rotatable bonds is 3. The number of aliphatic hydroxyl groups is 1. The molecule has 1 atom stereocenters. The normalized spacial score (nSPS) is 19.3. The van der Waals surface area contributed by atoms with Crippen molar-refractivity contribution in [3.8, 4) is 0 Å². The summed E-state index contributed by atoms with van der Waals surface area (Å²) in [6.07, 6.45) is 4.47. The second-order valence-electron chi connectivity index (χ2n) is 4.46. The average molecular weight is 205 g/mol. The molecule has 0 bridgehead atoms. The highest BCUT2D eigenvalue weighted by atomic mass is 16.3. The molecule has 0 spiro atoms. The van der Waals surface area contributed by atoms with Gasteiger partial charge in [-0.05, 0) is 25.3 Å². The molecule has 1 aromatic carbocycles. The van der Waals surface area contributed by atoms with E-state index in [1.165, 1.54) is 31.2 Å². The van der Waals surface area contributed by atoms with E-state index in [0.29, 0.717) is 6.04 Å². The molecule has 2 heteroatoms. The Bertz CT molecular complexity index is 301. The minimum Gasteiger partial charge on any atom is -0.374 e. The first-order chi connectivity index (χ1) is 7.25. The molecule has 0 aromatic heterocycles. The van der Waals surface area contributed by atoms with Gasteiger partial charge in [-0.25, -0.2) is 0 Å². The molecule has 1 aliphatic rings. The van der Waals surface area contributed by atoms with E-state index in [4.69, 9.17) is 0 Å². The van der Waals surface area contributed by atoms with Crippen LogP contribution in [0.25, 0.3) is 0 Å². The first-order valence-corrected chi connectivity index (χ1v) is 5.76. The lowest BCUT2D eigenvalue weighted by Crippen LogP contribution is -2.30. The smallest absolute Gasteiger partial charge is 0.131 e. The molecular weight excluding hydrogens is 186 g/mol. The maximum Gasteiger partial charge on any atom is 0.131 e. The van der Waals surface area contributed by atoms with E-state index in [0.717, 1.165) is 5.56 Å². The topological polar surface area (TPSA) is 32.3 Å². The molecule has 0 aliphatic heterocycles. The highest BCUT2D eigenvalue weighted by molar-refractivity contribution is 5.22. The third-order valence-corrected chi connectivity index (χ3v) is 3.14. The molecule has 0 heterocycles. The minimum absolute atomic E-state index is 0.501. The monoisotopic (exact) mass is 205 g/mol. The Balaban J connectivity index is 1.94. The zero-order chi connectivity index (χ0) is 10.7. The fourth-order valence-corrected chi connectivity index (χ4v) is 2.16. The molecule has 1 unspecified atom stereocenters. The summed E-state index contributed by atoms with van der Waals surface area (Å²) in [5.41, 5.74) is 2.19. The van der Waals surface area contributed by atoms with Gasteiger partial charge in [-0.1, -0.05) is 42.7 Å². The number of hydrogen-bond donors (Lipinski definition) is 2. The van der Waals surface area contributed by atoms with Gasteiger partial charge in [0.15, 0.2) is 0 Å². The molecule has 2 rings (SSSR count). The Kier molecular flexibility index (Phi) is 3.39. The highest BCUT2D eigenvalue weighted by Crippen LogP contribution is 2.21. The lowest BCUT2D eigenvalue weighted by molar-refractivity contribution is 0.124. The summed E-state index contributed by atoms with van der Waals surface area (Å²) in [6.45, 7) is 2.06. The maximum absolute atomic E-state index is 9.96. The van der Waals surface area contributed by atoms with Gasteiger partial charge < -0.3 is 5.11 Å². The van der Waals surface area contributed by atoms with E-state index in [1.54, 1.807) is 0 Å². The number of aliphatic hydroxyl groups excluding tert-OH is 1. The van der Waals surface area contributed by atoms with Crippen LogP contribution in [0.5, 0.6) is 0 Å². The predicted molar refractivity (Wildman–Crippen MR) is 61.5 cm³/mol. The summed E-state index contributed by atoms with van der Waals surface area (Å²) in [4.78, 5) is 0. The molecule has 1 saturated carbocycles. The van der Waals surface area contributed by atoms with Crippen molar-refractivity contribution in [2.24, 2.45) is 0 Å². The van der Waals surface area contributed by atoms with Gasteiger partial charge >= 0.3 is 0 Å². The molecule has 1 aromatic rings. The van der Waals surface area contributed by atoms with E-state index < -0.39 is 6.23 Å². The molecule has 1 fully saturated rings. The Morgan fingerprint density at radius 1 is 1.20 bits per heavy atom. The van der Waals surface area contributed by atoms with Crippen LogP contribution in [-0.4, -0.2) is 11.1 Å². The van der Waals surface area contributed by atoms with Crippen molar-refractivity contribution in [2.45, 2.75) is 44.9 Å². The number of aryl methyl sites for hydroxylation is 1. The van der Waals surface area contributed by atoms with Crippen molar-refractivity contribution in [1.29, 1.82) is 0 Å². The van der Waals surface area contributed by atoms with E-state index in [-0.39, 0.29) is 0 Å². The molecule has 0 radical (unpaired) electrons. The molecule has 82 valence electrons. The summed E-state index contributed by atoms with van der Waals surface area (Å²) < 4.78 is 0. The summed E-state index contributed by atoms with van der Waals surface area (Å²) in [6, 6.07) is 8.55. The van der Waals surface area contributed by atoms with E-state index >= 15 is 0 Å². The fraction of sp³-hybridized carbons (Fsp3) is 0.538. The van der Waals surface area contributed by atoms with Gasteiger partial charge in [0, 0.05) is 6.04 Å². The SMILES string of the molecule is Cc1ccc(C(O)NC2CCCC2)cc1. The highest BCUT2D eigenvalue weighted by Gasteiger charge is 2.18. The van der Waals surface area contributed by atoms with E-state index in [9.17, 15) is 5.11 Å². The summed E-state index contributed by atoms with van der Waals surface area (Å²) in [5.74, 6) is 0. The lowest BCUT2D eigenvalue weighted by atomic mass is 10.1. The van der Waals surface area contributed by atoms with Gasteiger partial charge in [0.2, 0.25) is 0 Å². The van der Waals surface area contributed by atoms with Crippen LogP contribution >= 0.6 is 0 Å². The third kappa shape index (κ3) is 2.80. The van der Waals surface area contributed by atoms with Crippen molar-refractivity contribution in [1.82, 2.24) is 5.32 Å². The van der Waals surface area contributed by atoms with Crippen LogP contribution in [0.1, 0.15) is 43.0 Å². The zero-order valence-electron chi connectivity index (χ0n) is 9.24. The predicted octanol–water partition coefficient (Wildman–Crippen LogP) is 2.52. The van der Waals surface area contributed by atoms with Gasteiger partial charge in [-0.15, -0.1) is 0 Å². The number of hydrogen-bond acceptors (Lipinski definition) is 2. The fourth-order valence-electron chi connectivity index (χ4n) is 2.16. The van der Waals surface area contributed by atoms with Crippen LogP contribution in [0.15, 0.2) is 24.3 Å². The van der Waals surface area contributed by atoms with Crippen molar-refractivity contribution >= 4 is 0 Å². The van der Waals surface area contributed by atoms with Crippen molar-refractivity contribution in [2.75, 3.05) is 0 Å². The second kappa shape index (κ2) is 4.77. The molecular formula is C13H19NO. The van der Waals surface area contributed by atoms with Crippen molar-refractivity contribution < 1.29 is 5.11 Å². The minimum atomic E-state index is -0.506. The van der Waals surface area contributed by atoms with Gasteiger partial charge in [-0.3, -0.25) is 5.32 Å². The van der Waals surface area contributed by atoms with Crippen LogP contribution in [-0.2, 0) is 0 Å². The van der Waals surface area contributed by atoms with Crippen molar-refractivity contribution in [3.63, 3.8) is 0 Å². The van der Waals surface area contributed by atoms with Crippen LogP contribution in [0.3, 0.4) is 0 Å². The van der Waals surface area contributed by atoms with Crippen LogP contribution in [0.4, 0.5) is 0 Å². The van der Waals surface area contributed by atoms with Crippen LogP contribution < -0.4 is 5.32 Å². The lowest BCUT2D eigenvalue weighted by Gasteiger charge is -2.18. The quantitative estimate of drug-likeness (QED) is 0.743. The molecule has 0 amide bonds. The molecule has 2 nitrogen and oxygen atoms in total. The summed E-state index contributed by atoms with van der Waals surface area (Å²) in [5, 5.41) is 13.2. The largest absolute Gasteiger partial charge is 0.374 e. The molecule has 2 N–H and O–H groups in total. The van der Waals surface area contributed by atoms with Gasteiger partial charge in [0.1, 0.15) is 6.23 Å². The Morgan fingerprint density at radius 2 is 1.80 bits per heavy atom. The summed E-state index contributed by atoms with van der Waals surface area (Å²) >= 11 is 0. The zero-order valence-corrected chi connectivity index (χ0v) is 9.24. The Labute approximate surface area is 91.3 Å².